The maximum absolute atomic E-state index is 12.8. The van der Waals surface area contributed by atoms with Crippen LogP contribution in [-0.4, -0.2) is 37.8 Å². The van der Waals surface area contributed by atoms with Crippen LogP contribution < -0.4 is 5.32 Å². The van der Waals surface area contributed by atoms with Crippen LogP contribution in [0.4, 0.5) is 0 Å². The zero-order valence-corrected chi connectivity index (χ0v) is 14.9. The fourth-order valence-corrected chi connectivity index (χ4v) is 4.67. The van der Waals surface area contributed by atoms with E-state index in [0.29, 0.717) is 37.2 Å². The standard InChI is InChI=1S/C17H26N2O3S/c1-4-5-17(20)18-15-8-10-19(11-9-15)23(21,22)16-12-13(2)6-7-14(16)3/h6-7,12,15H,4-5,8-11H2,1-3H3,(H,18,20). The van der Waals surface area contributed by atoms with E-state index in [1.807, 2.05) is 32.9 Å². The zero-order chi connectivity index (χ0) is 17.0. The van der Waals surface area contributed by atoms with E-state index in [9.17, 15) is 13.2 Å². The molecule has 6 heteroatoms. The van der Waals surface area contributed by atoms with Gasteiger partial charge >= 0.3 is 0 Å². The quantitative estimate of drug-likeness (QED) is 0.896. The van der Waals surface area contributed by atoms with Crippen LogP contribution in [0.1, 0.15) is 43.7 Å². The van der Waals surface area contributed by atoms with Gasteiger partial charge in [0.1, 0.15) is 0 Å². The summed E-state index contributed by atoms with van der Waals surface area (Å²) in [6.07, 6.45) is 2.69. The Hall–Kier alpha value is -1.40. The van der Waals surface area contributed by atoms with E-state index in [1.165, 1.54) is 4.31 Å². The van der Waals surface area contributed by atoms with Crippen molar-refractivity contribution in [1.29, 1.82) is 0 Å². The van der Waals surface area contributed by atoms with E-state index in [0.717, 1.165) is 17.5 Å². The fraction of sp³-hybridized carbons (Fsp3) is 0.588. The Morgan fingerprint density at radius 2 is 1.91 bits per heavy atom. The van der Waals surface area contributed by atoms with Crippen LogP contribution in [0.2, 0.25) is 0 Å². The SMILES string of the molecule is CCCC(=O)NC1CCN(S(=O)(=O)c2cc(C)ccc2C)CC1. The zero-order valence-electron chi connectivity index (χ0n) is 14.1. The van der Waals surface area contributed by atoms with E-state index in [1.54, 1.807) is 6.07 Å². The molecule has 0 unspecified atom stereocenters. The van der Waals surface area contributed by atoms with Gasteiger partial charge in [-0.25, -0.2) is 8.42 Å². The Morgan fingerprint density at radius 1 is 1.26 bits per heavy atom. The van der Waals surface area contributed by atoms with Gasteiger partial charge in [0.25, 0.3) is 0 Å². The lowest BCUT2D eigenvalue weighted by atomic mass is 10.1. The smallest absolute Gasteiger partial charge is 0.243 e. The predicted octanol–water partition coefficient (Wildman–Crippen LogP) is 2.37. The van der Waals surface area contributed by atoms with Crippen LogP contribution in [0, 0.1) is 13.8 Å². The Bertz CT molecular complexity index is 662. The summed E-state index contributed by atoms with van der Waals surface area (Å²) in [4.78, 5) is 12.0. The lowest BCUT2D eigenvalue weighted by Crippen LogP contribution is -2.46. The van der Waals surface area contributed by atoms with E-state index in [2.05, 4.69) is 5.32 Å². The number of aryl methyl sites for hydroxylation is 2. The molecule has 23 heavy (non-hydrogen) atoms. The van der Waals surface area contributed by atoms with Crippen LogP contribution >= 0.6 is 0 Å². The summed E-state index contributed by atoms with van der Waals surface area (Å²) in [6, 6.07) is 5.59. The number of piperidine rings is 1. The third-order valence-corrected chi connectivity index (χ3v) is 6.30. The molecule has 0 saturated carbocycles. The minimum absolute atomic E-state index is 0.0586. The molecule has 2 rings (SSSR count). The average molecular weight is 338 g/mol. The molecule has 1 aliphatic heterocycles. The first-order chi connectivity index (χ1) is 10.8. The number of amides is 1. The van der Waals surface area contributed by atoms with Crippen molar-refractivity contribution in [3.8, 4) is 0 Å². The molecule has 0 spiro atoms. The lowest BCUT2D eigenvalue weighted by molar-refractivity contribution is -0.122. The first-order valence-corrected chi connectivity index (χ1v) is 9.65. The van der Waals surface area contributed by atoms with Crippen LogP contribution in [-0.2, 0) is 14.8 Å². The van der Waals surface area contributed by atoms with E-state index >= 15 is 0 Å². The molecule has 0 aliphatic carbocycles. The highest BCUT2D eigenvalue weighted by molar-refractivity contribution is 7.89. The van der Waals surface area contributed by atoms with Gasteiger partial charge in [-0.1, -0.05) is 19.1 Å². The van der Waals surface area contributed by atoms with Crippen molar-refractivity contribution in [2.24, 2.45) is 0 Å². The molecule has 128 valence electrons. The van der Waals surface area contributed by atoms with Crippen molar-refractivity contribution >= 4 is 15.9 Å². The summed E-state index contributed by atoms with van der Waals surface area (Å²) in [5.74, 6) is 0.0586. The Balaban J connectivity index is 2.04. The van der Waals surface area contributed by atoms with Gasteiger partial charge in [-0.2, -0.15) is 4.31 Å². The third kappa shape index (κ3) is 4.32. The summed E-state index contributed by atoms with van der Waals surface area (Å²) in [6.45, 7) is 6.59. The molecular weight excluding hydrogens is 312 g/mol. The number of hydrogen-bond acceptors (Lipinski definition) is 3. The number of rotatable bonds is 5. The summed E-state index contributed by atoms with van der Waals surface area (Å²) in [5.41, 5.74) is 1.71. The third-order valence-electron chi connectivity index (χ3n) is 4.26. The highest BCUT2D eigenvalue weighted by atomic mass is 32.2. The van der Waals surface area contributed by atoms with Gasteiger partial charge in [-0.05, 0) is 50.3 Å². The lowest BCUT2D eigenvalue weighted by Gasteiger charge is -2.32. The molecule has 1 amide bonds. The van der Waals surface area contributed by atoms with E-state index in [-0.39, 0.29) is 11.9 Å². The molecule has 1 fully saturated rings. The highest BCUT2D eigenvalue weighted by Crippen LogP contribution is 2.24. The van der Waals surface area contributed by atoms with Crippen molar-refractivity contribution in [3.63, 3.8) is 0 Å². The molecule has 0 aromatic heterocycles. The van der Waals surface area contributed by atoms with Crippen LogP contribution in [0.15, 0.2) is 23.1 Å². The second-order valence-electron chi connectivity index (χ2n) is 6.26. The molecule has 1 aromatic carbocycles. The number of carbonyl (C=O) groups is 1. The normalized spacial score (nSPS) is 17.2. The summed E-state index contributed by atoms with van der Waals surface area (Å²) in [5, 5.41) is 2.99. The predicted molar refractivity (Wildman–Crippen MR) is 90.7 cm³/mol. The molecule has 5 nitrogen and oxygen atoms in total. The van der Waals surface area contributed by atoms with Gasteiger partial charge < -0.3 is 5.32 Å². The van der Waals surface area contributed by atoms with Crippen molar-refractivity contribution in [3.05, 3.63) is 29.3 Å². The van der Waals surface area contributed by atoms with Crippen LogP contribution in [0.25, 0.3) is 0 Å². The largest absolute Gasteiger partial charge is 0.353 e. The summed E-state index contributed by atoms with van der Waals surface area (Å²) < 4.78 is 27.2. The van der Waals surface area contributed by atoms with Crippen molar-refractivity contribution < 1.29 is 13.2 Å². The number of benzene rings is 1. The maximum atomic E-state index is 12.8. The van der Waals surface area contributed by atoms with Gasteiger partial charge in [-0.15, -0.1) is 0 Å². The van der Waals surface area contributed by atoms with Gasteiger partial charge in [0.2, 0.25) is 15.9 Å². The number of hydrogen-bond donors (Lipinski definition) is 1. The highest BCUT2D eigenvalue weighted by Gasteiger charge is 2.30. The molecule has 0 bridgehead atoms. The van der Waals surface area contributed by atoms with Crippen molar-refractivity contribution in [2.45, 2.75) is 57.4 Å². The van der Waals surface area contributed by atoms with Crippen molar-refractivity contribution in [2.75, 3.05) is 13.1 Å². The second-order valence-corrected chi connectivity index (χ2v) is 8.17. The van der Waals surface area contributed by atoms with Gasteiger partial charge in [0.05, 0.1) is 4.90 Å². The Labute approximate surface area is 139 Å². The Morgan fingerprint density at radius 3 is 2.52 bits per heavy atom. The van der Waals surface area contributed by atoms with Gasteiger partial charge in [-0.3, -0.25) is 4.79 Å². The topological polar surface area (TPSA) is 66.5 Å². The molecule has 1 aliphatic rings. The fourth-order valence-electron chi connectivity index (χ4n) is 2.89. The molecular formula is C17H26N2O3S. The minimum Gasteiger partial charge on any atom is -0.353 e. The number of sulfonamides is 1. The van der Waals surface area contributed by atoms with Crippen LogP contribution in [0.5, 0.6) is 0 Å². The number of nitrogens with zero attached hydrogens (tertiary/aromatic N) is 1. The van der Waals surface area contributed by atoms with Gasteiger partial charge in [0.15, 0.2) is 0 Å². The number of carbonyl (C=O) groups excluding carboxylic acids is 1. The minimum atomic E-state index is -3.46. The first-order valence-electron chi connectivity index (χ1n) is 8.21. The van der Waals surface area contributed by atoms with Gasteiger partial charge in [0, 0.05) is 25.6 Å². The monoisotopic (exact) mass is 338 g/mol. The first kappa shape index (κ1) is 17.9. The summed E-state index contributed by atoms with van der Waals surface area (Å²) in [7, 11) is -3.46. The molecule has 1 aromatic rings. The number of nitrogens with one attached hydrogen (secondary N) is 1. The molecule has 1 N–H and O–H groups in total. The molecule has 1 saturated heterocycles. The van der Waals surface area contributed by atoms with Crippen LogP contribution in [0.3, 0.4) is 0 Å². The maximum Gasteiger partial charge on any atom is 0.243 e. The summed E-state index contributed by atoms with van der Waals surface area (Å²) >= 11 is 0. The average Bonchev–Trinajstić information content (AvgIpc) is 2.50. The second kappa shape index (κ2) is 7.45. The van der Waals surface area contributed by atoms with E-state index in [4.69, 9.17) is 0 Å². The molecule has 1 heterocycles. The Kier molecular flexibility index (Phi) is 5.81. The molecule has 0 atom stereocenters. The van der Waals surface area contributed by atoms with Crippen molar-refractivity contribution in [1.82, 2.24) is 9.62 Å². The molecule has 0 radical (unpaired) electrons. The van der Waals surface area contributed by atoms with E-state index < -0.39 is 10.0 Å².